The lowest BCUT2D eigenvalue weighted by Gasteiger charge is -2.19. The first-order valence-electron chi connectivity index (χ1n) is 9.83. The molecule has 0 saturated heterocycles. The molecule has 0 aliphatic rings. The summed E-state index contributed by atoms with van der Waals surface area (Å²) in [6.45, 7) is 3.66. The lowest BCUT2D eigenvalue weighted by molar-refractivity contribution is -0.284. The standard InChI is InChI=1S/C19H35F5O/c1-2-25-17-15-13-11-9-7-5-3-4-6-8-10-12-14-16-18(20,21)19(22,23)24/h2-17H2,1H3. The minimum absolute atomic E-state index is 0.0597. The van der Waals surface area contributed by atoms with Gasteiger partial charge in [-0.25, -0.2) is 0 Å². The molecule has 0 aromatic heterocycles. The molecule has 0 aromatic carbocycles. The third kappa shape index (κ3) is 14.5. The minimum Gasteiger partial charge on any atom is -0.382 e. The Labute approximate surface area is 149 Å². The van der Waals surface area contributed by atoms with Crippen LogP contribution in [0, 0.1) is 0 Å². The summed E-state index contributed by atoms with van der Waals surface area (Å²) in [5.41, 5.74) is 0. The van der Waals surface area contributed by atoms with Crippen LogP contribution in [0.25, 0.3) is 0 Å². The molecule has 0 aliphatic carbocycles. The van der Waals surface area contributed by atoms with Gasteiger partial charge in [0.15, 0.2) is 0 Å². The summed E-state index contributed by atoms with van der Waals surface area (Å²) in [6, 6.07) is 0. The minimum atomic E-state index is -5.41. The zero-order valence-corrected chi connectivity index (χ0v) is 15.6. The SMILES string of the molecule is CCOCCCCCCCCCCCCCCCC(F)(F)C(F)(F)F. The van der Waals surface area contributed by atoms with Crippen molar-refractivity contribution < 1.29 is 26.7 Å². The highest BCUT2D eigenvalue weighted by atomic mass is 19.4. The van der Waals surface area contributed by atoms with Crippen LogP contribution in [0.1, 0.15) is 96.8 Å². The normalized spacial score (nSPS) is 12.7. The van der Waals surface area contributed by atoms with Gasteiger partial charge in [0.1, 0.15) is 0 Å². The lowest BCUT2D eigenvalue weighted by Crippen LogP contribution is -2.36. The molecule has 0 fully saturated rings. The first-order chi connectivity index (χ1) is 11.8. The second-order valence-corrected chi connectivity index (χ2v) is 6.75. The van der Waals surface area contributed by atoms with Gasteiger partial charge in [-0.3, -0.25) is 0 Å². The molecule has 1 nitrogen and oxygen atoms in total. The van der Waals surface area contributed by atoms with Crippen molar-refractivity contribution in [3.8, 4) is 0 Å². The molecule has 0 aliphatic heterocycles. The summed E-state index contributed by atoms with van der Waals surface area (Å²) in [4.78, 5) is 0. The molecule has 25 heavy (non-hydrogen) atoms. The number of alkyl halides is 5. The van der Waals surface area contributed by atoms with Crippen LogP contribution in [0.4, 0.5) is 22.0 Å². The summed E-state index contributed by atoms with van der Waals surface area (Å²) in [5, 5.41) is 0. The Morgan fingerprint density at radius 2 is 0.920 bits per heavy atom. The first kappa shape index (κ1) is 24.6. The van der Waals surface area contributed by atoms with Crippen LogP contribution in [0.5, 0.6) is 0 Å². The van der Waals surface area contributed by atoms with Gasteiger partial charge in [-0.05, 0) is 19.8 Å². The van der Waals surface area contributed by atoms with Gasteiger partial charge in [-0.1, -0.05) is 70.6 Å². The Kier molecular flexibility index (Phi) is 14.5. The number of hydrogen-bond donors (Lipinski definition) is 0. The second-order valence-electron chi connectivity index (χ2n) is 6.75. The van der Waals surface area contributed by atoms with Crippen LogP contribution in [0.15, 0.2) is 0 Å². The molecule has 0 spiro atoms. The highest BCUT2D eigenvalue weighted by Gasteiger charge is 2.56. The van der Waals surface area contributed by atoms with E-state index in [4.69, 9.17) is 4.74 Å². The van der Waals surface area contributed by atoms with Crippen LogP contribution >= 0.6 is 0 Å². The Morgan fingerprint density at radius 1 is 0.560 bits per heavy atom. The van der Waals surface area contributed by atoms with Crippen LogP contribution in [-0.4, -0.2) is 25.3 Å². The van der Waals surface area contributed by atoms with Gasteiger partial charge in [-0.15, -0.1) is 0 Å². The maximum absolute atomic E-state index is 12.7. The topological polar surface area (TPSA) is 9.23 Å². The van der Waals surface area contributed by atoms with Crippen LogP contribution in [-0.2, 0) is 4.74 Å². The quantitative estimate of drug-likeness (QED) is 0.187. The molecule has 0 saturated carbocycles. The van der Waals surface area contributed by atoms with E-state index in [1.165, 1.54) is 38.5 Å². The van der Waals surface area contributed by atoms with E-state index in [9.17, 15) is 22.0 Å². The van der Waals surface area contributed by atoms with Gasteiger partial charge in [0.05, 0.1) is 0 Å². The van der Waals surface area contributed by atoms with Crippen molar-refractivity contribution in [1.82, 2.24) is 0 Å². The Balaban J connectivity index is 3.22. The third-order valence-electron chi connectivity index (χ3n) is 4.40. The molecule has 0 unspecified atom stereocenters. The smallest absolute Gasteiger partial charge is 0.382 e. The number of ether oxygens (including phenoxy) is 1. The average Bonchev–Trinajstić information content (AvgIpc) is 2.53. The fraction of sp³-hybridized carbons (Fsp3) is 1.00. The maximum Gasteiger partial charge on any atom is 0.453 e. The Bertz CT molecular complexity index is 292. The van der Waals surface area contributed by atoms with Crippen molar-refractivity contribution in [1.29, 1.82) is 0 Å². The average molecular weight is 374 g/mol. The molecule has 0 aromatic rings. The summed E-state index contributed by atoms with van der Waals surface area (Å²) in [7, 11) is 0. The molecular formula is C19H35F5O. The van der Waals surface area contributed by atoms with Crippen LogP contribution < -0.4 is 0 Å². The van der Waals surface area contributed by atoms with E-state index in [0.29, 0.717) is 6.42 Å². The van der Waals surface area contributed by atoms with Crippen molar-refractivity contribution in [2.24, 2.45) is 0 Å². The summed E-state index contributed by atoms with van der Waals surface area (Å²) < 4.78 is 66.6. The second kappa shape index (κ2) is 14.7. The maximum atomic E-state index is 12.7. The van der Waals surface area contributed by atoms with E-state index in [2.05, 4.69) is 0 Å². The zero-order chi connectivity index (χ0) is 19.0. The van der Waals surface area contributed by atoms with Gasteiger partial charge < -0.3 is 4.74 Å². The van der Waals surface area contributed by atoms with E-state index >= 15 is 0 Å². The van der Waals surface area contributed by atoms with Crippen molar-refractivity contribution in [2.75, 3.05) is 13.2 Å². The van der Waals surface area contributed by atoms with E-state index in [0.717, 1.165) is 45.3 Å². The van der Waals surface area contributed by atoms with E-state index in [1.807, 2.05) is 6.92 Å². The number of hydrogen-bond acceptors (Lipinski definition) is 1. The fourth-order valence-corrected chi connectivity index (χ4v) is 2.78. The van der Waals surface area contributed by atoms with Crippen molar-refractivity contribution >= 4 is 0 Å². The Morgan fingerprint density at radius 3 is 1.28 bits per heavy atom. The van der Waals surface area contributed by atoms with Crippen LogP contribution in [0.2, 0.25) is 0 Å². The molecule has 152 valence electrons. The predicted molar refractivity (Wildman–Crippen MR) is 92.1 cm³/mol. The van der Waals surface area contributed by atoms with Crippen molar-refractivity contribution in [3.05, 3.63) is 0 Å². The predicted octanol–water partition coefficient (Wildman–Crippen LogP) is 7.68. The molecule has 0 atom stereocenters. The fourth-order valence-electron chi connectivity index (χ4n) is 2.78. The zero-order valence-electron chi connectivity index (χ0n) is 15.6. The first-order valence-corrected chi connectivity index (χ1v) is 9.83. The summed E-state index contributed by atoms with van der Waals surface area (Å²) in [6.07, 6.45) is 6.30. The highest BCUT2D eigenvalue weighted by molar-refractivity contribution is 4.75. The van der Waals surface area contributed by atoms with Crippen molar-refractivity contribution in [3.63, 3.8) is 0 Å². The van der Waals surface area contributed by atoms with Gasteiger partial charge in [0.2, 0.25) is 0 Å². The monoisotopic (exact) mass is 374 g/mol. The van der Waals surface area contributed by atoms with Crippen LogP contribution in [0.3, 0.4) is 0 Å². The molecule has 0 radical (unpaired) electrons. The third-order valence-corrected chi connectivity index (χ3v) is 4.40. The largest absolute Gasteiger partial charge is 0.453 e. The van der Waals surface area contributed by atoms with Gasteiger partial charge in [0, 0.05) is 19.6 Å². The summed E-state index contributed by atoms with van der Waals surface area (Å²) >= 11 is 0. The van der Waals surface area contributed by atoms with E-state index < -0.39 is 18.5 Å². The highest BCUT2D eigenvalue weighted by Crippen LogP contribution is 2.39. The molecule has 0 heterocycles. The van der Waals surface area contributed by atoms with Gasteiger partial charge in [0.25, 0.3) is 0 Å². The summed E-state index contributed by atoms with van der Waals surface area (Å²) in [5.74, 6) is -4.53. The molecule has 0 rings (SSSR count). The molecule has 0 amide bonds. The lowest BCUT2D eigenvalue weighted by atomic mass is 10.0. The molecule has 0 bridgehead atoms. The molecule has 0 N–H and O–H groups in total. The Hall–Kier alpha value is -0.390. The molecular weight excluding hydrogens is 339 g/mol. The number of unbranched alkanes of at least 4 members (excludes halogenated alkanes) is 12. The number of rotatable bonds is 17. The van der Waals surface area contributed by atoms with E-state index in [-0.39, 0.29) is 6.42 Å². The van der Waals surface area contributed by atoms with Crippen molar-refractivity contribution in [2.45, 2.75) is 109 Å². The van der Waals surface area contributed by atoms with E-state index in [1.54, 1.807) is 0 Å². The van der Waals surface area contributed by atoms with Gasteiger partial charge in [-0.2, -0.15) is 22.0 Å². The van der Waals surface area contributed by atoms with Gasteiger partial charge >= 0.3 is 12.1 Å². The number of halogens is 5. The molecule has 6 heteroatoms.